The van der Waals surface area contributed by atoms with Crippen molar-refractivity contribution in [2.45, 2.75) is 26.1 Å². The lowest BCUT2D eigenvalue weighted by Crippen LogP contribution is -2.13. The van der Waals surface area contributed by atoms with Gasteiger partial charge in [-0.15, -0.1) is 0 Å². The zero-order chi connectivity index (χ0) is 19.8. The van der Waals surface area contributed by atoms with Gasteiger partial charge in [-0.2, -0.15) is 0 Å². The predicted octanol–water partition coefficient (Wildman–Crippen LogP) is 5.12. The van der Waals surface area contributed by atoms with Gasteiger partial charge in [0, 0.05) is 0 Å². The van der Waals surface area contributed by atoms with E-state index in [9.17, 15) is 4.79 Å². The molecule has 0 saturated carbocycles. The molecule has 0 N–H and O–H groups in total. The van der Waals surface area contributed by atoms with Crippen LogP contribution in [0.2, 0.25) is 0 Å². The van der Waals surface area contributed by atoms with Crippen LogP contribution in [0.25, 0.3) is 0 Å². The normalized spacial score (nSPS) is 11.5. The molecule has 0 spiro atoms. The maximum atomic E-state index is 12.4. The van der Waals surface area contributed by atoms with Gasteiger partial charge in [0.15, 0.2) is 11.5 Å². The molecule has 0 aliphatic carbocycles. The molecule has 1 atom stereocenters. The molecule has 3 aromatic carbocycles. The van der Waals surface area contributed by atoms with Gasteiger partial charge in [0.25, 0.3) is 0 Å². The second-order valence-corrected chi connectivity index (χ2v) is 6.50. The van der Waals surface area contributed by atoms with Crippen LogP contribution in [-0.4, -0.2) is 13.1 Å². The van der Waals surface area contributed by atoms with Crippen LogP contribution in [-0.2, 0) is 22.7 Å². The van der Waals surface area contributed by atoms with Crippen molar-refractivity contribution < 1.29 is 19.0 Å². The molecule has 0 heterocycles. The van der Waals surface area contributed by atoms with Crippen molar-refractivity contribution in [1.82, 2.24) is 0 Å². The first-order chi connectivity index (χ1) is 13.7. The molecule has 3 aromatic rings. The van der Waals surface area contributed by atoms with Gasteiger partial charge in [0.1, 0.15) is 13.2 Å². The van der Waals surface area contributed by atoms with E-state index in [1.807, 2.05) is 85.8 Å². The molecule has 0 fully saturated rings. The van der Waals surface area contributed by atoms with Gasteiger partial charge in [-0.1, -0.05) is 66.7 Å². The fourth-order valence-electron chi connectivity index (χ4n) is 2.80. The van der Waals surface area contributed by atoms with E-state index in [1.165, 1.54) is 0 Å². The molecular formula is C24H24O4. The number of carbonyl (C=O) groups excluding carboxylic acids is 1. The number of hydrogen-bond acceptors (Lipinski definition) is 4. The summed E-state index contributed by atoms with van der Waals surface area (Å²) in [6, 6.07) is 25.1. The van der Waals surface area contributed by atoms with Gasteiger partial charge in [0.05, 0.1) is 13.0 Å². The first-order valence-electron chi connectivity index (χ1n) is 9.22. The summed E-state index contributed by atoms with van der Waals surface area (Å²) in [6.45, 7) is 2.54. The van der Waals surface area contributed by atoms with Crippen LogP contribution in [0, 0.1) is 0 Å². The van der Waals surface area contributed by atoms with Crippen LogP contribution < -0.4 is 9.47 Å². The number of hydrogen-bond donors (Lipinski definition) is 0. The maximum absolute atomic E-state index is 12.4. The topological polar surface area (TPSA) is 44.8 Å². The van der Waals surface area contributed by atoms with E-state index in [-0.39, 0.29) is 12.6 Å². The second kappa shape index (κ2) is 9.60. The highest BCUT2D eigenvalue weighted by molar-refractivity contribution is 5.78. The van der Waals surface area contributed by atoms with E-state index in [1.54, 1.807) is 7.11 Å². The minimum absolute atomic E-state index is 0.263. The monoisotopic (exact) mass is 376 g/mol. The van der Waals surface area contributed by atoms with E-state index < -0.39 is 5.92 Å². The molecule has 144 valence electrons. The third kappa shape index (κ3) is 5.13. The molecule has 0 amide bonds. The third-order valence-electron chi connectivity index (χ3n) is 4.50. The Balaban J connectivity index is 1.63. The third-order valence-corrected chi connectivity index (χ3v) is 4.50. The van der Waals surface area contributed by atoms with E-state index >= 15 is 0 Å². The van der Waals surface area contributed by atoms with E-state index in [2.05, 4.69) is 0 Å². The molecule has 0 radical (unpaired) electrons. The quantitative estimate of drug-likeness (QED) is 0.512. The highest BCUT2D eigenvalue weighted by Crippen LogP contribution is 2.32. The van der Waals surface area contributed by atoms with E-state index in [4.69, 9.17) is 14.2 Å². The minimum atomic E-state index is -0.402. The van der Waals surface area contributed by atoms with Crippen LogP contribution in [0.1, 0.15) is 29.5 Å². The molecule has 0 aromatic heterocycles. The van der Waals surface area contributed by atoms with Crippen molar-refractivity contribution in [3.63, 3.8) is 0 Å². The number of ether oxygens (including phenoxy) is 3. The van der Waals surface area contributed by atoms with Gasteiger partial charge >= 0.3 is 5.97 Å². The maximum Gasteiger partial charge on any atom is 0.313 e. The molecule has 0 aliphatic heterocycles. The average molecular weight is 376 g/mol. The summed E-state index contributed by atoms with van der Waals surface area (Å²) in [4.78, 5) is 12.4. The summed E-state index contributed by atoms with van der Waals surface area (Å²) in [5.41, 5.74) is 2.86. The highest BCUT2D eigenvalue weighted by atomic mass is 16.5. The average Bonchev–Trinajstić information content (AvgIpc) is 2.76. The lowest BCUT2D eigenvalue weighted by molar-refractivity contribution is -0.146. The Hall–Kier alpha value is -3.27. The standard InChI is InChI=1S/C24H24O4/c1-18(24(25)28-17-20-11-7-4-8-12-20)21-13-14-22(23(15-21)26-2)27-16-19-9-5-3-6-10-19/h3-15,18H,16-17H2,1-2H3. The van der Waals surface area contributed by atoms with Crippen LogP contribution in [0.4, 0.5) is 0 Å². The Kier molecular flexibility index (Phi) is 6.68. The van der Waals surface area contributed by atoms with Gasteiger partial charge in [-0.25, -0.2) is 0 Å². The summed E-state index contributed by atoms with van der Waals surface area (Å²) in [7, 11) is 1.59. The molecule has 0 bridgehead atoms. The van der Waals surface area contributed by atoms with E-state index in [0.29, 0.717) is 18.1 Å². The molecule has 4 heteroatoms. The Morgan fingerprint density at radius 2 is 1.43 bits per heavy atom. The number of rotatable bonds is 8. The summed E-state index contributed by atoms with van der Waals surface area (Å²) in [6.07, 6.45) is 0. The van der Waals surface area contributed by atoms with Crippen LogP contribution in [0.15, 0.2) is 78.9 Å². The minimum Gasteiger partial charge on any atom is -0.493 e. The largest absolute Gasteiger partial charge is 0.493 e. The molecule has 4 nitrogen and oxygen atoms in total. The first-order valence-corrected chi connectivity index (χ1v) is 9.22. The Bertz CT molecular complexity index is 891. The van der Waals surface area contributed by atoms with Crippen molar-refractivity contribution in [3.05, 3.63) is 95.6 Å². The van der Waals surface area contributed by atoms with Crippen LogP contribution >= 0.6 is 0 Å². The zero-order valence-corrected chi connectivity index (χ0v) is 16.1. The van der Waals surface area contributed by atoms with Crippen LogP contribution in [0.5, 0.6) is 11.5 Å². The zero-order valence-electron chi connectivity index (χ0n) is 16.1. The smallest absolute Gasteiger partial charge is 0.313 e. The molecule has 1 unspecified atom stereocenters. The fraction of sp³-hybridized carbons (Fsp3) is 0.208. The molecule has 0 saturated heterocycles. The van der Waals surface area contributed by atoms with Gasteiger partial charge in [0.2, 0.25) is 0 Å². The SMILES string of the molecule is COc1cc(C(C)C(=O)OCc2ccccc2)ccc1OCc1ccccc1. The van der Waals surface area contributed by atoms with Gasteiger partial charge in [-0.05, 0) is 35.7 Å². The summed E-state index contributed by atoms with van der Waals surface area (Å²) >= 11 is 0. The van der Waals surface area contributed by atoms with Gasteiger partial charge < -0.3 is 14.2 Å². The highest BCUT2D eigenvalue weighted by Gasteiger charge is 2.19. The van der Waals surface area contributed by atoms with Crippen LogP contribution in [0.3, 0.4) is 0 Å². The van der Waals surface area contributed by atoms with Crippen molar-refractivity contribution in [3.8, 4) is 11.5 Å². The Labute approximate surface area is 165 Å². The summed E-state index contributed by atoms with van der Waals surface area (Å²) in [5.74, 6) is 0.556. The predicted molar refractivity (Wildman–Crippen MR) is 108 cm³/mol. The number of carbonyl (C=O) groups is 1. The molecular weight excluding hydrogens is 352 g/mol. The number of methoxy groups -OCH3 is 1. The van der Waals surface area contributed by atoms with Crippen molar-refractivity contribution >= 4 is 5.97 Å². The lowest BCUT2D eigenvalue weighted by Gasteiger charge is -2.15. The van der Waals surface area contributed by atoms with Crippen molar-refractivity contribution in [2.24, 2.45) is 0 Å². The summed E-state index contributed by atoms with van der Waals surface area (Å²) < 4.78 is 16.8. The second-order valence-electron chi connectivity index (χ2n) is 6.50. The number of benzene rings is 3. The van der Waals surface area contributed by atoms with Gasteiger partial charge in [-0.3, -0.25) is 4.79 Å². The molecule has 0 aliphatic rings. The Morgan fingerprint density at radius 3 is 2.04 bits per heavy atom. The fourth-order valence-corrected chi connectivity index (χ4v) is 2.80. The van der Waals surface area contributed by atoms with E-state index in [0.717, 1.165) is 16.7 Å². The molecule has 28 heavy (non-hydrogen) atoms. The summed E-state index contributed by atoms with van der Waals surface area (Å²) in [5, 5.41) is 0. The Morgan fingerprint density at radius 1 is 0.821 bits per heavy atom. The van der Waals surface area contributed by atoms with Crippen molar-refractivity contribution in [2.75, 3.05) is 7.11 Å². The number of esters is 1. The lowest BCUT2D eigenvalue weighted by atomic mass is 10.0. The molecule has 3 rings (SSSR count). The van der Waals surface area contributed by atoms with Crippen molar-refractivity contribution in [1.29, 1.82) is 0 Å². The first kappa shape index (κ1) is 19.5.